The zero-order valence-corrected chi connectivity index (χ0v) is 13.5. The maximum absolute atomic E-state index is 12.4. The van der Waals surface area contributed by atoms with Crippen LogP contribution in [0.3, 0.4) is 0 Å². The van der Waals surface area contributed by atoms with Crippen LogP contribution in [-0.2, 0) is 9.84 Å². The van der Waals surface area contributed by atoms with Gasteiger partial charge in [-0.1, -0.05) is 45.6 Å². The summed E-state index contributed by atoms with van der Waals surface area (Å²) in [7, 11) is -3.39. The molecule has 6 heteroatoms. The smallest absolute Gasteiger partial charge is 0.180 e. The van der Waals surface area contributed by atoms with Crippen molar-refractivity contribution < 1.29 is 8.42 Å². The van der Waals surface area contributed by atoms with Crippen molar-refractivity contribution in [1.82, 2.24) is 0 Å². The first-order chi connectivity index (χ1) is 8.38. The van der Waals surface area contributed by atoms with Crippen molar-refractivity contribution in [3.05, 3.63) is 28.2 Å². The number of alkyl halides is 1. The predicted molar refractivity (Wildman–Crippen MR) is 78.6 cm³/mol. The third-order valence-corrected chi connectivity index (χ3v) is 7.29. The molecular weight excluding hydrogens is 359 g/mol. The van der Waals surface area contributed by atoms with Gasteiger partial charge in [0.2, 0.25) is 0 Å². The normalized spacial score (nSPS) is 18.4. The van der Waals surface area contributed by atoms with Crippen LogP contribution in [0, 0.1) is 5.41 Å². The Morgan fingerprint density at radius 1 is 1.28 bits per heavy atom. The van der Waals surface area contributed by atoms with Crippen molar-refractivity contribution in [2.75, 3.05) is 11.1 Å². The molecule has 0 unspecified atom stereocenters. The SMILES string of the molecule is O=S(=O)(CC1(CBr)CCC1)c1cc(Cl)ccc1Cl. The minimum Gasteiger partial charge on any atom is -0.224 e. The van der Waals surface area contributed by atoms with E-state index in [1.165, 1.54) is 12.1 Å². The van der Waals surface area contributed by atoms with Crippen LogP contribution in [0.4, 0.5) is 0 Å². The second kappa shape index (κ2) is 5.31. The largest absolute Gasteiger partial charge is 0.224 e. The molecule has 18 heavy (non-hydrogen) atoms. The van der Waals surface area contributed by atoms with Crippen LogP contribution in [0.2, 0.25) is 10.0 Å². The van der Waals surface area contributed by atoms with Crippen molar-refractivity contribution in [3.8, 4) is 0 Å². The highest BCUT2D eigenvalue weighted by Gasteiger charge is 2.40. The summed E-state index contributed by atoms with van der Waals surface area (Å²) >= 11 is 15.2. The maximum Gasteiger partial charge on any atom is 0.180 e. The van der Waals surface area contributed by atoms with Gasteiger partial charge in [-0.3, -0.25) is 0 Å². The van der Waals surface area contributed by atoms with Gasteiger partial charge >= 0.3 is 0 Å². The van der Waals surface area contributed by atoms with Gasteiger partial charge in [0.05, 0.1) is 15.7 Å². The van der Waals surface area contributed by atoms with Gasteiger partial charge in [-0.2, -0.15) is 0 Å². The van der Waals surface area contributed by atoms with Gasteiger partial charge in [-0.25, -0.2) is 8.42 Å². The van der Waals surface area contributed by atoms with Crippen molar-refractivity contribution in [3.63, 3.8) is 0 Å². The molecule has 2 rings (SSSR count). The topological polar surface area (TPSA) is 34.1 Å². The van der Waals surface area contributed by atoms with E-state index >= 15 is 0 Å². The third kappa shape index (κ3) is 2.87. The monoisotopic (exact) mass is 370 g/mol. The van der Waals surface area contributed by atoms with E-state index in [0.29, 0.717) is 10.4 Å². The van der Waals surface area contributed by atoms with Gasteiger partial charge in [-0.05, 0) is 36.5 Å². The van der Waals surface area contributed by atoms with Crippen LogP contribution in [0.1, 0.15) is 19.3 Å². The van der Waals surface area contributed by atoms with E-state index < -0.39 is 9.84 Å². The summed E-state index contributed by atoms with van der Waals surface area (Å²) in [6.07, 6.45) is 2.97. The van der Waals surface area contributed by atoms with E-state index in [0.717, 1.165) is 19.3 Å². The summed E-state index contributed by atoms with van der Waals surface area (Å²) in [6.45, 7) is 0. The first kappa shape index (κ1) is 14.6. The molecule has 0 heterocycles. The van der Waals surface area contributed by atoms with Crippen LogP contribution in [-0.4, -0.2) is 19.5 Å². The Hall–Kier alpha value is 0.230. The molecule has 1 aromatic rings. The Morgan fingerprint density at radius 3 is 2.44 bits per heavy atom. The summed E-state index contributed by atoms with van der Waals surface area (Å²) in [5.74, 6) is 0.130. The Morgan fingerprint density at radius 2 is 1.94 bits per heavy atom. The second-order valence-electron chi connectivity index (χ2n) is 4.82. The lowest BCUT2D eigenvalue weighted by atomic mass is 9.72. The summed E-state index contributed by atoms with van der Waals surface area (Å²) in [5, 5.41) is 1.33. The maximum atomic E-state index is 12.4. The van der Waals surface area contributed by atoms with E-state index in [-0.39, 0.29) is 21.1 Å². The molecule has 0 bridgehead atoms. The lowest BCUT2D eigenvalue weighted by Gasteiger charge is -2.40. The van der Waals surface area contributed by atoms with E-state index in [1.807, 2.05) is 0 Å². The molecule has 0 saturated heterocycles. The number of hydrogen-bond donors (Lipinski definition) is 0. The lowest BCUT2D eigenvalue weighted by Crippen LogP contribution is -2.38. The number of sulfone groups is 1. The minimum atomic E-state index is -3.39. The number of hydrogen-bond acceptors (Lipinski definition) is 2. The predicted octanol–water partition coefficient (Wildman–Crippen LogP) is 4.33. The summed E-state index contributed by atoms with van der Waals surface area (Å²) in [6, 6.07) is 4.55. The van der Waals surface area contributed by atoms with E-state index in [2.05, 4.69) is 15.9 Å². The zero-order chi connectivity index (χ0) is 13.4. The van der Waals surface area contributed by atoms with E-state index in [1.54, 1.807) is 6.07 Å². The minimum absolute atomic E-state index is 0.130. The molecule has 0 radical (unpaired) electrons. The Bertz CT molecular complexity index is 548. The highest BCUT2D eigenvalue weighted by atomic mass is 79.9. The fourth-order valence-electron chi connectivity index (χ4n) is 2.19. The standard InChI is InChI=1S/C12H13BrCl2O2S/c13-7-12(4-1-5-12)8-18(16,17)11-6-9(14)2-3-10(11)15/h2-3,6H,1,4-5,7-8H2. The summed E-state index contributed by atoms with van der Waals surface area (Å²) in [4.78, 5) is 0.142. The molecule has 0 atom stereocenters. The molecule has 1 fully saturated rings. The quantitative estimate of drug-likeness (QED) is 0.738. The van der Waals surface area contributed by atoms with Crippen molar-refractivity contribution in [2.24, 2.45) is 5.41 Å². The van der Waals surface area contributed by atoms with Gasteiger partial charge in [0.15, 0.2) is 9.84 Å². The highest BCUT2D eigenvalue weighted by molar-refractivity contribution is 9.09. The fourth-order valence-corrected chi connectivity index (χ4v) is 5.94. The molecule has 100 valence electrons. The Balaban J connectivity index is 2.33. The molecular formula is C12H13BrCl2O2S. The highest BCUT2D eigenvalue weighted by Crippen LogP contribution is 2.45. The lowest BCUT2D eigenvalue weighted by molar-refractivity contribution is 0.203. The Kier molecular flexibility index (Phi) is 4.32. The van der Waals surface area contributed by atoms with Crippen molar-refractivity contribution >= 4 is 49.0 Å². The van der Waals surface area contributed by atoms with Gasteiger partial charge in [0.1, 0.15) is 0 Å². The average molecular weight is 372 g/mol. The van der Waals surface area contributed by atoms with Crippen LogP contribution < -0.4 is 0 Å². The summed E-state index contributed by atoms with van der Waals surface area (Å²) in [5.41, 5.74) is -0.134. The molecule has 0 aromatic heterocycles. The van der Waals surface area contributed by atoms with Gasteiger partial charge < -0.3 is 0 Å². The number of halogens is 3. The van der Waals surface area contributed by atoms with Crippen molar-refractivity contribution in [2.45, 2.75) is 24.2 Å². The van der Waals surface area contributed by atoms with Gasteiger partial charge in [0.25, 0.3) is 0 Å². The van der Waals surface area contributed by atoms with Crippen LogP contribution in [0.25, 0.3) is 0 Å². The van der Waals surface area contributed by atoms with Gasteiger partial charge in [-0.15, -0.1) is 0 Å². The molecule has 1 aliphatic carbocycles. The number of rotatable bonds is 4. The van der Waals surface area contributed by atoms with Crippen molar-refractivity contribution in [1.29, 1.82) is 0 Å². The molecule has 0 spiro atoms. The molecule has 2 nitrogen and oxygen atoms in total. The van der Waals surface area contributed by atoms with Crippen LogP contribution in [0.15, 0.2) is 23.1 Å². The molecule has 0 amide bonds. The zero-order valence-electron chi connectivity index (χ0n) is 9.63. The molecule has 1 aromatic carbocycles. The van der Waals surface area contributed by atoms with Gasteiger partial charge in [0, 0.05) is 10.4 Å². The average Bonchev–Trinajstić information content (AvgIpc) is 2.27. The second-order valence-corrected chi connectivity index (χ2v) is 8.18. The van der Waals surface area contributed by atoms with E-state index in [4.69, 9.17) is 23.2 Å². The first-order valence-electron chi connectivity index (χ1n) is 5.62. The Labute approximate surface area is 126 Å². The molecule has 0 aliphatic heterocycles. The molecule has 0 N–H and O–H groups in total. The van der Waals surface area contributed by atoms with E-state index in [9.17, 15) is 8.42 Å². The fraction of sp³-hybridized carbons (Fsp3) is 0.500. The summed E-state index contributed by atoms with van der Waals surface area (Å²) < 4.78 is 24.8. The third-order valence-electron chi connectivity index (χ3n) is 3.42. The number of benzene rings is 1. The van der Waals surface area contributed by atoms with Crippen LogP contribution in [0.5, 0.6) is 0 Å². The molecule has 1 aliphatic rings. The molecule has 1 saturated carbocycles. The first-order valence-corrected chi connectivity index (χ1v) is 9.15. The van der Waals surface area contributed by atoms with Crippen LogP contribution >= 0.6 is 39.1 Å².